The Kier molecular flexibility index (Phi) is 2.84. The highest BCUT2D eigenvalue weighted by atomic mass is 79.9. The molecule has 0 radical (unpaired) electrons. The zero-order valence-corrected chi connectivity index (χ0v) is 10.7. The van der Waals surface area contributed by atoms with E-state index in [1.807, 2.05) is 19.9 Å². The van der Waals surface area contributed by atoms with Gasteiger partial charge in [0, 0.05) is 9.86 Å². The van der Waals surface area contributed by atoms with Crippen molar-refractivity contribution in [2.24, 2.45) is 0 Å². The molecule has 0 amide bonds. The Balaban J connectivity index is 2.79. The lowest BCUT2D eigenvalue weighted by Crippen LogP contribution is -2.00. The normalized spacial score (nSPS) is 11.3. The van der Waals surface area contributed by atoms with Crippen molar-refractivity contribution in [2.45, 2.75) is 19.8 Å². The largest absolute Gasteiger partial charge is 0.383 e. The SMILES string of the molecule is CC(C)c1cc2cc(F)cc(Br)c2nc1N. The Morgan fingerprint density at radius 2 is 2.00 bits per heavy atom. The van der Waals surface area contributed by atoms with E-state index in [1.165, 1.54) is 12.1 Å². The molecule has 4 heteroatoms. The fraction of sp³-hybridized carbons (Fsp3) is 0.250. The second-order valence-electron chi connectivity index (χ2n) is 4.08. The van der Waals surface area contributed by atoms with Crippen LogP contribution in [0.2, 0.25) is 0 Å². The molecule has 0 aliphatic rings. The summed E-state index contributed by atoms with van der Waals surface area (Å²) in [5, 5.41) is 0.768. The van der Waals surface area contributed by atoms with Crippen LogP contribution in [0, 0.1) is 5.82 Å². The maximum atomic E-state index is 13.2. The Morgan fingerprint density at radius 1 is 1.31 bits per heavy atom. The van der Waals surface area contributed by atoms with E-state index in [-0.39, 0.29) is 11.7 Å². The van der Waals surface area contributed by atoms with Crippen LogP contribution in [0.4, 0.5) is 10.2 Å². The van der Waals surface area contributed by atoms with Crippen molar-refractivity contribution >= 4 is 32.7 Å². The Morgan fingerprint density at radius 3 is 2.62 bits per heavy atom. The summed E-state index contributed by atoms with van der Waals surface area (Å²) in [7, 11) is 0. The summed E-state index contributed by atoms with van der Waals surface area (Å²) in [6, 6.07) is 4.76. The van der Waals surface area contributed by atoms with Crippen molar-refractivity contribution in [1.29, 1.82) is 0 Å². The first-order chi connectivity index (χ1) is 7.49. The molecule has 0 aliphatic heterocycles. The standard InChI is InChI=1S/C12H12BrFN2/c1-6(2)9-4-7-3-8(14)5-10(13)11(7)16-12(9)15/h3-6H,1-2H3,(H2,15,16). The molecule has 2 nitrogen and oxygen atoms in total. The number of halogens is 2. The van der Waals surface area contributed by atoms with E-state index in [9.17, 15) is 4.39 Å². The fourth-order valence-corrected chi connectivity index (χ4v) is 2.24. The number of aromatic nitrogens is 1. The van der Waals surface area contributed by atoms with Crippen LogP contribution >= 0.6 is 15.9 Å². The maximum absolute atomic E-state index is 13.2. The molecule has 16 heavy (non-hydrogen) atoms. The Hall–Kier alpha value is -1.16. The van der Waals surface area contributed by atoms with Crippen LogP contribution < -0.4 is 5.73 Å². The highest BCUT2D eigenvalue weighted by Gasteiger charge is 2.10. The van der Waals surface area contributed by atoms with Crippen LogP contribution in [0.1, 0.15) is 25.3 Å². The Bertz CT molecular complexity index is 552. The van der Waals surface area contributed by atoms with E-state index in [0.29, 0.717) is 15.8 Å². The van der Waals surface area contributed by atoms with E-state index in [4.69, 9.17) is 5.73 Å². The van der Waals surface area contributed by atoms with E-state index in [2.05, 4.69) is 20.9 Å². The van der Waals surface area contributed by atoms with Gasteiger partial charge in [-0.05, 0) is 45.6 Å². The lowest BCUT2D eigenvalue weighted by atomic mass is 10.0. The number of nitrogens with zero attached hydrogens (tertiary/aromatic N) is 1. The summed E-state index contributed by atoms with van der Waals surface area (Å²) >= 11 is 3.29. The topological polar surface area (TPSA) is 38.9 Å². The summed E-state index contributed by atoms with van der Waals surface area (Å²) in [4.78, 5) is 4.30. The van der Waals surface area contributed by atoms with Crippen LogP contribution in [-0.2, 0) is 0 Å². The van der Waals surface area contributed by atoms with Gasteiger partial charge in [0.25, 0.3) is 0 Å². The van der Waals surface area contributed by atoms with Crippen molar-refractivity contribution < 1.29 is 4.39 Å². The summed E-state index contributed by atoms with van der Waals surface area (Å²) < 4.78 is 13.9. The third-order valence-corrected chi connectivity index (χ3v) is 3.12. The lowest BCUT2D eigenvalue weighted by molar-refractivity contribution is 0.629. The van der Waals surface area contributed by atoms with Crippen LogP contribution in [-0.4, -0.2) is 4.98 Å². The van der Waals surface area contributed by atoms with Gasteiger partial charge in [-0.15, -0.1) is 0 Å². The first kappa shape index (κ1) is 11.3. The molecule has 0 fully saturated rings. The molecular formula is C12H12BrFN2. The van der Waals surface area contributed by atoms with Crippen molar-refractivity contribution in [3.05, 3.63) is 34.1 Å². The zero-order valence-electron chi connectivity index (χ0n) is 9.09. The van der Waals surface area contributed by atoms with E-state index >= 15 is 0 Å². The zero-order chi connectivity index (χ0) is 11.9. The highest BCUT2D eigenvalue weighted by Crippen LogP contribution is 2.29. The lowest BCUT2D eigenvalue weighted by Gasteiger charge is -2.10. The third-order valence-electron chi connectivity index (χ3n) is 2.52. The maximum Gasteiger partial charge on any atom is 0.127 e. The van der Waals surface area contributed by atoms with Crippen molar-refractivity contribution in [3.63, 3.8) is 0 Å². The number of nitrogens with two attached hydrogens (primary N) is 1. The van der Waals surface area contributed by atoms with E-state index in [0.717, 1.165) is 10.9 Å². The van der Waals surface area contributed by atoms with Crippen molar-refractivity contribution in [1.82, 2.24) is 4.98 Å². The molecule has 1 aromatic carbocycles. The number of hydrogen-bond acceptors (Lipinski definition) is 2. The summed E-state index contributed by atoms with van der Waals surface area (Å²) in [5.74, 6) is 0.509. The van der Waals surface area contributed by atoms with Gasteiger partial charge in [0.2, 0.25) is 0 Å². The smallest absolute Gasteiger partial charge is 0.127 e. The minimum atomic E-state index is -0.277. The van der Waals surface area contributed by atoms with Crippen LogP contribution in [0.25, 0.3) is 10.9 Å². The summed E-state index contributed by atoms with van der Waals surface area (Å²) in [5.41, 5.74) is 7.52. The number of fused-ring (bicyclic) bond motifs is 1. The van der Waals surface area contributed by atoms with Gasteiger partial charge in [-0.2, -0.15) is 0 Å². The average molecular weight is 283 g/mol. The number of nitrogen functional groups attached to an aromatic ring is 1. The molecule has 0 aliphatic carbocycles. The van der Waals surface area contributed by atoms with Gasteiger partial charge in [0.05, 0.1) is 5.52 Å². The minimum Gasteiger partial charge on any atom is -0.383 e. The molecule has 1 aromatic heterocycles. The van der Waals surface area contributed by atoms with Gasteiger partial charge < -0.3 is 5.73 Å². The molecule has 0 saturated heterocycles. The number of hydrogen-bond donors (Lipinski definition) is 1. The van der Waals surface area contributed by atoms with Crippen LogP contribution in [0.15, 0.2) is 22.7 Å². The molecule has 2 aromatic rings. The highest BCUT2D eigenvalue weighted by molar-refractivity contribution is 9.10. The molecule has 0 spiro atoms. The number of anilines is 1. The fourth-order valence-electron chi connectivity index (χ4n) is 1.70. The number of rotatable bonds is 1. The molecular weight excluding hydrogens is 271 g/mol. The first-order valence-electron chi connectivity index (χ1n) is 5.04. The molecule has 2 N–H and O–H groups in total. The number of pyridine rings is 1. The van der Waals surface area contributed by atoms with Gasteiger partial charge in [-0.3, -0.25) is 0 Å². The predicted octanol–water partition coefficient (Wildman–Crippen LogP) is 3.84. The van der Waals surface area contributed by atoms with Crippen LogP contribution in [0.5, 0.6) is 0 Å². The molecule has 1 heterocycles. The van der Waals surface area contributed by atoms with Gasteiger partial charge in [0.15, 0.2) is 0 Å². The van der Waals surface area contributed by atoms with Gasteiger partial charge in [0.1, 0.15) is 11.6 Å². The first-order valence-corrected chi connectivity index (χ1v) is 5.83. The molecule has 84 valence electrons. The average Bonchev–Trinajstić information content (AvgIpc) is 2.18. The molecule has 0 atom stereocenters. The predicted molar refractivity (Wildman–Crippen MR) is 67.9 cm³/mol. The minimum absolute atomic E-state index is 0.277. The molecule has 2 rings (SSSR count). The van der Waals surface area contributed by atoms with E-state index in [1.54, 1.807) is 0 Å². The van der Waals surface area contributed by atoms with Gasteiger partial charge >= 0.3 is 0 Å². The van der Waals surface area contributed by atoms with Crippen LogP contribution in [0.3, 0.4) is 0 Å². The second-order valence-corrected chi connectivity index (χ2v) is 4.93. The Labute approximate surface area is 102 Å². The summed E-state index contributed by atoms with van der Waals surface area (Å²) in [6.07, 6.45) is 0. The van der Waals surface area contributed by atoms with Gasteiger partial charge in [-0.1, -0.05) is 13.8 Å². The molecule has 0 unspecified atom stereocenters. The van der Waals surface area contributed by atoms with Crippen molar-refractivity contribution in [3.8, 4) is 0 Å². The monoisotopic (exact) mass is 282 g/mol. The van der Waals surface area contributed by atoms with Crippen molar-refractivity contribution in [2.75, 3.05) is 5.73 Å². The quantitative estimate of drug-likeness (QED) is 0.863. The molecule has 0 bridgehead atoms. The second kappa shape index (κ2) is 4.01. The summed E-state index contributed by atoms with van der Waals surface area (Å²) in [6.45, 7) is 4.07. The number of benzene rings is 1. The third kappa shape index (κ3) is 1.89. The van der Waals surface area contributed by atoms with E-state index < -0.39 is 0 Å². The van der Waals surface area contributed by atoms with Gasteiger partial charge in [-0.25, -0.2) is 9.37 Å². The molecule has 0 saturated carbocycles.